The number of fused-ring (bicyclic) bond motifs is 2. The van der Waals surface area contributed by atoms with Gasteiger partial charge < -0.3 is 4.90 Å². The van der Waals surface area contributed by atoms with Crippen molar-refractivity contribution in [3.63, 3.8) is 0 Å². The average Bonchev–Trinajstić information content (AvgIpc) is 2.38. The maximum atomic E-state index is 12.5. The molecule has 3 heterocycles. The molecule has 2 fully saturated rings. The molecular weight excluding hydrogens is 238 g/mol. The molecule has 4 nitrogen and oxygen atoms in total. The molecule has 0 aliphatic carbocycles. The maximum Gasteiger partial charge on any atom is 0.186 e. The van der Waals surface area contributed by atoms with Gasteiger partial charge in [0, 0.05) is 18.0 Å². The molecular formula is C15H21N3O. The summed E-state index contributed by atoms with van der Waals surface area (Å²) in [6.07, 6.45) is 5.75. The molecule has 1 aromatic heterocycles. The third kappa shape index (κ3) is 2.41. The van der Waals surface area contributed by atoms with Crippen molar-refractivity contribution in [2.75, 3.05) is 7.05 Å². The standard InChI is InChI=1S/C15H21N3O/c1-10-6-7-14(17-16-10)15(19)11-8-12-4-3-5-13(9-11)18(12)2/h6-7,11-13H,3-5,8-9H2,1-2H3. The summed E-state index contributed by atoms with van der Waals surface area (Å²) in [4.78, 5) is 15.0. The molecule has 4 heteroatoms. The first-order valence-electron chi connectivity index (χ1n) is 7.21. The van der Waals surface area contributed by atoms with Crippen molar-refractivity contribution in [3.05, 3.63) is 23.5 Å². The number of piperidine rings is 2. The van der Waals surface area contributed by atoms with Gasteiger partial charge in [-0.1, -0.05) is 6.42 Å². The van der Waals surface area contributed by atoms with Gasteiger partial charge in [0.2, 0.25) is 0 Å². The van der Waals surface area contributed by atoms with Gasteiger partial charge >= 0.3 is 0 Å². The van der Waals surface area contributed by atoms with Crippen LogP contribution in [0.4, 0.5) is 0 Å². The molecule has 0 aromatic carbocycles. The van der Waals surface area contributed by atoms with Crippen LogP contribution in [0.2, 0.25) is 0 Å². The van der Waals surface area contributed by atoms with Crippen molar-refractivity contribution in [1.82, 2.24) is 15.1 Å². The largest absolute Gasteiger partial charge is 0.300 e. The Morgan fingerprint density at radius 3 is 2.47 bits per heavy atom. The van der Waals surface area contributed by atoms with Gasteiger partial charge in [0.05, 0.1) is 5.69 Å². The summed E-state index contributed by atoms with van der Waals surface area (Å²) in [6, 6.07) is 4.86. The van der Waals surface area contributed by atoms with E-state index in [4.69, 9.17) is 0 Å². The summed E-state index contributed by atoms with van der Waals surface area (Å²) in [5.74, 6) is 0.334. The van der Waals surface area contributed by atoms with E-state index in [2.05, 4.69) is 22.1 Å². The van der Waals surface area contributed by atoms with Gasteiger partial charge in [-0.05, 0) is 51.8 Å². The van der Waals surface area contributed by atoms with E-state index in [9.17, 15) is 4.79 Å². The third-order valence-electron chi connectivity index (χ3n) is 4.76. The zero-order chi connectivity index (χ0) is 13.4. The molecule has 1 aromatic rings. The van der Waals surface area contributed by atoms with E-state index in [0.717, 1.165) is 18.5 Å². The number of hydrogen-bond donors (Lipinski definition) is 0. The highest BCUT2D eigenvalue weighted by Gasteiger charge is 2.39. The molecule has 2 aliphatic heterocycles. The topological polar surface area (TPSA) is 46.1 Å². The van der Waals surface area contributed by atoms with Crippen LogP contribution in [0, 0.1) is 12.8 Å². The number of aromatic nitrogens is 2. The van der Waals surface area contributed by atoms with Gasteiger partial charge in [-0.2, -0.15) is 5.10 Å². The molecule has 2 unspecified atom stereocenters. The normalized spacial score (nSPS) is 31.2. The number of ketones is 1. The van der Waals surface area contributed by atoms with Gasteiger partial charge in [0.25, 0.3) is 0 Å². The smallest absolute Gasteiger partial charge is 0.186 e. The van der Waals surface area contributed by atoms with E-state index in [1.807, 2.05) is 19.1 Å². The van der Waals surface area contributed by atoms with Crippen LogP contribution in [0.5, 0.6) is 0 Å². The van der Waals surface area contributed by atoms with Crippen LogP contribution in [-0.4, -0.2) is 40.0 Å². The Morgan fingerprint density at radius 1 is 1.21 bits per heavy atom. The van der Waals surface area contributed by atoms with Crippen molar-refractivity contribution in [2.45, 2.75) is 51.1 Å². The Labute approximate surface area is 114 Å². The van der Waals surface area contributed by atoms with E-state index in [0.29, 0.717) is 17.8 Å². The Balaban J connectivity index is 1.76. The van der Waals surface area contributed by atoms with Crippen LogP contribution in [0.25, 0.3) is 0 Å². The fourth-order valence-corrected chi connectivity index (χ4v) is 3.57. The van der Waals surface area contributed by atoms with Gasteiger partial charge in [-0.3, -0.25) is 4.79 Å². The fourth-order valence-electron chi connectivity index (χ4n) is 3.57. The molecule has 2 atom stereocenters. The Hall–Kier alpha value is -1.29. The first-order valence-corrected chi connectivity index (χ1v) is 7.21. The summed E-state index contributed by atoms with van der Waals surface area (Å²) in [5.41, 5.74) is 1.40. The average molecular weight is 259 g/mol. The minimum absolute atomic E-state index is 0.142. The molecule has 0 spiro atoms. The lowest BCUT2D eigenvalue weighted by Crippen LogP contribution is -2.51. The first kappa shape index (κ1) is 12.7. The fraction of sp³-hybridized carbons (Fsp3) is 0.667. The van der Waals surface area contributed by atoms with Gasteiger partial charge in [0.1, 0.15) is 5.69 Å². The minimum Gasteiger partial charge on any atom is -0.300 e. The predicted octanol–water partition coefficient (Wildman–Crippen LogP) is 2.23. The molecule has 2 bridgehead atoms. The lowest BCUT2D eigenvalue weighted by molar-refractivity contribution is 0.0336. The third-order valence-corrected chi connectivity index (χ3v) is 4.76. The summed E-state index contributed by atoms with van der Waals surface area (Å²) < 4.78 is 0. The number of hydrogen-bond acceptors (Lipinski definition) is 4. The molecule has 2 aliphatic rings. The monoisotopic (exact) mass is 259 g/mol. The number of carbonyl (C=O) groups is 1. The van der Waals surface area contributed by atoms with E-state index in [-0.39, 0.29) is 11.7 Å². The molecule has 102 valence electrons. The van der Waals surface area contributed by atoms with Crippen molar-refractivity contribution in [2.24, 2.45) is 5.92 Å². The second-order valence-electron chi connectivity index (χ2n) is 6.00. The molecule has 0 amide bonds. The van der Waals surface area contributed by atoms with Crippen molar-refractivity contribution < 1.29 is 4.79 Å². The second kappa shape index (κ2) is 5.00. The number of carbonyl (C=O) groups excluding carboxylic acids is 1. The van der Waals surface area contributed by atoms with Crippen LogP contribution < -0.4 is 0 Å². The summed E-state index contributed by atoms with van der Waals surface area (Å²) >= 11 is 0. The van der Waals surface area contributed by atoms with E-state index in [1.54, 1.807) is 0 Å². The Bertz CT molecular complexity index is 457. The van der Waals surface area contributed by atoms with Gasteiger partial charge in [0.15, 0.2) is 5.78 Å². The highest BCUT2D eigenvalue weighted by Crippen LogP contribution is 2.36. The highest BCUT2D eigenvalue weighted by molar-refractivity contribution is 5.96. The van der Waals surface area contributed by atoms with Crippen molar-refractivity contribution in [1.29, 1.82) is 0 Å². The molecule has 19 heavy (non-hydrogen) atoms. The lowest BCUT2D eigenvalue weighted by atomic mass is 9.76. The quantitative estimate of drug-likeness (QED) is 0.764. The van der Waals surface area contributed by atoms with E-state index >= 15 is 0 Å². The second-order valence-corrected chi connectivity index (χ2v) is 6.00. The predicted molar refractivity (Wildman–Crippen MR) is 73.0 cm³/mol. The highest BCUT2D eigenvalue weighted by atomic mass is 16.1. The molecule has 0 N–H and O–H groups in total. The van der Waals surface area contributed by atoms with Crippen LogP contribution in [0.1, 0.15) is 48.3 Å². The van der Waals surface area contributed by atoms with E-state index < -0.39 is 0 Å². The minimum atomic E-state index is 0.142. The molecule has 0 radical (unpaired) electrons. The molecule has 2 saturated heterocycles. The zero-order valence-electron chi connectivity index (χ0n) is 11.7. The zero-order valence-corrected chi connectivity index (χ0v) is 11.7. The number of aryl methyl sites for hydroxylation is 1. The Kier molecular flexibility index (Phi) is 3.35. The van der Waals surface area contributed by atoms with Crippen molar-refractivity contribution in [3.8, 4) is 0 Å². The van der Waals surface area contributed by atoms with Gasteiger partial charge in [-0.15, -0.1) is 5.10 Å². The Morgan fingerprint density at radius 2 is 1.89 bits per heavy atom. The number of Topliss-reactive ketones (excluding diaryl/α,β-unsaturated/α-hetero) is 1. The molecule has 0 saturated carbocycles. The van der Waals surface area contributed by atoms with Crippen LogP contribution in [0.3, 0.4) is 0 Å². The number of rotatable bonds is 2. The summed E-state index contributed by atoms with van der Waals surface area (Å²) in [7, 11) is 2.21. The van der Waals surface area contributed by atoms with E-state index in [1.165, 1.54) is 19.3 Å². The number of nitrogens with zero attached hydrogens (tertiary/aromatic N) is 3. The molecule has 3 rings (SSSR count). The SMILES string of the molecule is Cc1ccc(C(=O)C2CC3CCCC(C2)N3C)nn1. The first-order chi connectivity index (χ1) is 9.15. The van der Waals surface area contributed by atoms with Crippen molar-refractivity contribution >= 4 is 5.78 Å². The van der Waals surface area contributed by atoms with Crippen LogP contribution in [-0.2, 0) is 0 Å². The summed E-state index contributed by atoms with van der Waals surface area (Å²) in [5, 5.41) is 8.05. The summed E-state index contributed by atoms with van der Waals surface area (Å²) in [6.45, 7) is 1.89. The lowest BCUT2D eigenvalue weighted by Gasteiger charge is -2.46. The van der Waals surface area contributed by atoms with Gasteiger partial charge in [-0.25, -0.2) is 0 Å². The maximum absolute atomic E-state index is 12.5. The van der Waals surface area contributed by atoms with Crippen LogP contribution >= 0.6 is 0 Å². The van der Waals surface area contributed by atoms with Crippen LogP contribution in [0.15, 0.2) is 12.1 Å².